The van der Waals surface area contributed by atoms with Crippen molar-refractivity contribution in [2.45, 2.75) is 4.90 Å². The van der Waals surface area contributed by atoms with Gasteiger partial charge in [-0.2, -0.15) is 0 Å². The Morgan fingerprint density at radius 2 is 2.06 bits per heavy atom. The van der Waals surface area contributed by atoms with Gasteiger partial charge in [0.1, 0.15) is 9.77 Å². The molecular weight excluding hydrogens is 327 g/mol. The first-order valence-corrected chi connectivity index (χ1v) is 7.74. The van der Waals surface area contributed by atoms with Crippen molar-refractivity contribution in [3.63, 3.8) is 0 Å². The Hall–Kier alpha value is -0.830. The molecule has 0 aliphatic heterocycles. The second-order valence-corrected chi connectivity index (χ2v) is 7.05. The molecule has 0 radical (unpaired) electrons. The van der Waals surface area contributed by atoms with Crippen molar-refractivity contribution in [3.05, 3.63) is 15.3 Å². The number of carbonyl (C=O) groups is 2. The molecule has 0 saturated carbocycles. The van der Waals surface area contributed by atoms with Crippen LogP contribution < -0.4 is 0 Å². The van der Waals surface area contributed by atoms with Gasteiger partial charge in [0.05, 0.1) is 11.4 Å². The van der Waals surface area contributed by atoms with Crippen LogP contribution in [0.4, 0.5) is 0 Å². The topological polar surface area (TPSA) is 86.7 Å². The normalized spacial score (nSPS) is 11.1. The third-order valence-corrected chi connectivity index (χ3v) is 4.38. The summed E-state index contributed by atoms with van der Waals surface area (Å²) in [6.45, 7) is -0.632. The van der Waals surface area contributed by atoms with Crippen molar-refractivity contribution >= 4 is 54.6 Å². The monoisotopic (exact) mass is 332 g/mol. The third-order valence-electron chi connectivity index (χ3n) is 1.66. The molecule has 0 fully saturated rings. The number of esters is 2. The van der Waals surface area contributed by atoms with E-state index < -0.39 is 32.5 Å². The molecule has 1 heterocycles. The van der Waals surface area contributed by atoms with Gasteiger partial charge in [-0.15, -0.1) is 11.3 Å². The van der Waals surface area contributed by atoms with E-state index in [-0.39, 0.29) is 9.21 Å². The first-order chi connectivity index (χ1) is 8.25. The Morgan fingerprint density at radius 3 is 2.56 bits per heavy atom. The first-order valence-electron chi connectivity index (χ1n) is 4.23. The summed E-state index contributed by atoms with van der Waals surface area (Å²) in [6, 6.07) is 1.03. The maximum atomic E-state index is 11.5. The number of thiophene rings is 1. The van der Waals surface area contributed by atoms with Crippen molar-refractivity contribution in [3.8, 4) is 0 Å². The lowest BCUT2D eigenvalue weighted by Gasteiger charge is -2.02. The van der Waals surface area contributed by atoms with Crippen LogP contribution in [0.2, 0.25) is 4.34 Å². The van der Waals surface area contributed by atoms with Gasteiger partial charge in [-0.3, -0.25) is 0 Å². The highest BCUT2D eigenvalue weighted by molar-refractivity contribution is 8.13. The fourth-order valence-electron chi connectivity index (χ4n) is 0.918. The van der Waals surface area contributed by atoms with Crippen LogP contribution in [-0.4, -0.2) is 34.1 Å². The molecule has 0 unspecified atom stereocenters. The van der Waals surface area contributed by atoms with E-state index in [2.05, 4.69) is 9.47 Å². The van der Waals surface area contributed by atoms with E-state index in [9.17, 15) is 18.0 Å². The molecule has 1 rings (SSSR count). The zero-order valence-electron chi connectivity index (χ0n) is 8.81. The molecule has 0 amide bonds. The van der Waals surface area contributed by atoms with Crippen LogP contribution in [-0.2, 0) is 23.3 Å². The number of hydrogen-bond donors (Lipinski definition) is 0. The van der Waals surface area contributed by atoms with Gasteiger partial charge in [-0.1, -0.05) is 11.6 Å². The van der Waals surface area contributed by atoms with Crippen molar-refractivity contribution < 1.29 is 27.5 Å². The zero-order chi connectivity index (χ0) is 13.9. The molecule has 0 aliphatic rings. The minimum Gasteiger partial charge on any atom is -0.466 e. The maximum absolute atomic E-state index is 11.5. The Kier molecular flexibility index (Phi) is 4.97. The van der Waals surface area contributed by atoms with Gasteiger partial charge in [-0.25, -0.2) is 18.0 Å². The van der Waals surface area contributed by atoms with Gasteiger partial charge >= 0.3 is 11.9 Å². The second kappa shape index (κ2) is 5.87. The summed E-state index contributed by atoms with van der Waals surface area (Å²) in [4.78, 5) is 21.6. The summed E-state index contributed by atoms with van der Waals surface area (Å²) < 4.78 is 31.2. The Bertz CT molecular complexity index is 576. The van der Waals surface area contributed by atoms with Gasteiger partial charge in [0.25, 0.3) is 9.05 Å². The Labute approximate surface area is 116 Å². The van der Waals surface area contributed by atoms with Gasteiger partial charge in [0.15, 0.2) is 6.61 Å². The molecular formula is C8H6Cl2O6S2. The van der Waals surface area contributed by atoms with Crippen LogP contribution in [0.3, 0.4) is 0 Å². The Morgan fingerprint density at radius 1 is 1.44 bits per heavy atom. The SMILES string of the molecule is COC(=O)COC(=O)c1sc(Cl)cc1S(=O)(=O)Cl. The van der Waals surface area contributed by atoms with Crippen molar-refractivity contribution in [1.82, 2.24) is 0 Å². The van der Waals surface area contributed by atoms with Crippen LogP contribution in [0.5, 0.6) is 0 Å². The zero-order valence-corrected chi connectivity index (χ0v) is 12.0. The summed E-state index contributed by atoms with van der Waals surface area (Å²) in [7, 11) is 2.13. The number of rotatable bonds is 4. The van der Waals surface area contributed by atoms with Gasteiger partial charge in [-0.05, 0) is 6.07 Å². The lowest BCUT2D eigenvalue weighted by atomic mass is 10.5. The molecule has 6 nitrogen and oxygen atoms in total. The number of hydrogen-bond acceptors (Lipinski definition) is 7. The quantitative estimate of drug-likeness (QED) is 0.615. The number of carbonyl (C=O) groups excluding carboxylic acids is 2. The minimum absolute atomic E-state index is 0.0549. The summed E-state index contributed by atoms with van der Waals surface area (Å²) in [5, 5.41) is 0. The van der Waals surface area contributed by atoms with E-state index >= 15 is 0 Å². The molecule has 0 saturated heterocycles. The maximum Gasteiger partial charge on any atom is 0.350 e. The van der Waals surface area contributed by atoms with Crippen molar-refractivity contribution in [1.29, 1.82) is 0 Å². The van der Waals surface area contributed by atoms with E-state index in [1.54, 1.807) is 0 Å². The van der Waals surface area contributed by atoms with Crippen molar-refractivity contribution in [2.75, 3.05) is 13.7 Å². The molecule has 1 aromatic rings. The van der Waals surface area contributed by atoms with E-state index in [0.29, 0.717) is 11.3 Å². The second-order valence-electron chi connectivity index (χ2n) is 2.83. The minimum atomic E-state index is -4.12. The molecule has 10 heteroatoms. The molecule has 0 aliphatic carbocycles. The highest BCUT2D eigenvalue weighted by Crippen LogP contribution is 2.32. The van der Waals surface area contributed by atoms with Gasteiger partial charge < -0.3 is 9.47 Å². The highest BCUT2D eigenvalue weighted by atomic mass is 35.7. The lowest BCUT2D eigenvalue weighted by Crippen LogP contribution is -2.15. The summed E-state index contributed by atoms with van der Waals surface area (Å²) in [5.41, 5.74) is 0. The summed E-state index contributed by atoms with van der Waals surface area (Å²) >= 11 is 6.29. The predicted octanol–water partition coefficient (Wildman–Crippen LogP) is 1.66. The van der Waals surface area contributed by atoms with E-state index in [0.717, 1.165) is 13.2 Å². The molecule has 0 N–H and O–H groups in total. The van der Waals surface area contributed by atoms with Crippen LogP contribution in [0.15, 0.2) is 11.0 Å². The third kappa shape index (κ3) is 3.84. The van der Waals surface area contributed by atoms with Gasteiger partial charge in [0, 0.05) is 10.7 Å². The molecule has 18 heavy (non-hydrogen) atoms. The average Bonchev–Trinajstić information content (AvgIpc) is 2.67. The van der Waals surface area contributed by atoms with Crippen LogP contribution >= 0.6 is 33.6 Å². The smallest absolute Gasteiger partial charge is 0.350 e. The summed E-state index contributed by atoms with van der Waals surface area (Å²) in [6.07, 6.45) is 0. The van der Waals surface area contributed by atoms with Crippen LogP contribution in [0, 0.1) is 0 Å². The fraction of sp³-hybridized carbons (Fsp3) is 0.250. The largest absolute Gasteiger partial charge is 0.466 e. The number of methoxy groups -OCH3 is 1. The molecule has 0 aromatic carbocycles. The van der Waals surface area contributed by atoms with E-state index in [1.807, 2.05) is 0 Å². The standard InChI is InChI=1S/C8H6Cl2O6S2/c1-15-6(11)3-16-8(12)7-4(18(10,13)14)2-5(9)17-7/h2H,3H2,1H3. The van der Waals surface area contributed by atoms with E-state index in [1.165, 1.54) is 0 Å². The van der Waals surface area contributed by atoms with Crippen LogP contribution in [0.25, 0.3) is 0 Å². The lowest BCUT2D eigenvalue weighted by molar-refractivity contribution is -0.144. The van der Waals surface area contributed by atoms with Gasteiger partial charge in [0.2, 0.25) is 0 Å². The molecule has 0 spiro atoms. The predicted molar refractivity (Wildman–Crippen MR) is 64.7 cm³/mol. The Balaban J connectivity index is 2.96. The number of ether oxygens (including phenoxy) is 2. The molecule has 0 atom stereocenters. The number of halogens is 2. The first kappa shape index (κ1) is 15.2. The van der Waals surface area contributed by atoms with Crippen LogP contribution in [0.1, 0.15) is 9.67 Å². The fourth-order valence-corrected chi connectivity index (χ4v) is 3.59. The average molecular weight is 333 g/mol. The molecule has 100 valence electrons. The highest BCUT2D eigenvalue weighted by Gasteiger charge is 2.25. The summed E-state index contributed by atoms with van der Waals surface area (Å²) in [5.74, 6) is -1.79. The molecule has 1 aromatic heterocycles. The van der Waals surface area contributed by atoms with E-state index in [4.69, 9.17) is 22.3 Å². The van der Waals surface area contributed by atoms with Crippen molar-refractivity contribution in [2.24, 2.45) is 0 Å². The molecule has 0 bridgehead atoms.